The molecule has 4 N–H and O–H groups in total. The molecule has 0 saturated heterocycles. The molecule has 2 aromatic rings. The van der Waals surface area contributed by atoms with E-state index in [1.54, 1.807) is 6.07 Å². The fourth-order valence-corrected chi connectivity index (χ4v) is 2.96. The Labute approximate surface area is 156 Å². The summed E-state index contributed by atoms with van der Waals surface area (Å²) in [6.07, 6.45) is 0.0758. The number of nitrogens with zero attached hydrogens (tertiary/aromatic N) is 2. The third kappa shape index (κ3) is 6.94. The lowest BCUT2D eigenvalue weighted by Crippen LogP contribution is -2.09. The Morgan fingerprint density at radius 3 is 2.26 bits per heavy atom. The summed E-state index contributed by atoms with van der Waals surface area (Å²) in [6, 6.07) is 9.82. The van der Waals surface area contributed by atoms with Crippen molar-refractivity contribution in [3.8, 4) is 5.75 Å². The molecule has 2 rings (SSSR count). The summed E-state index contributed by atoms with van der Waals surface area (Å²) in [6.45, 7) is 0.0149. The minimum absolute atomic E-state index is 0.0149. The SMILES string of the molecule is Nc1ccc(N=Nc2cccc(S(=O)(=O)O)c2)cc1OCCCS(=O)(=O)O. The fraction of sp³-hybridized carbons (Fsp3) is 0.200. The van der Waals surface area contributed by atoms with Crippen LogP contribution >= 0.6 is 0 Å². The van der Waals surface area contributed by atoms with Gasteiger partial charge >= 0.3 is 0 Å². The van der Waals surface area contributed by atoms with E-state index in [1.807, 2.05) is 0 Å². The van der Waals surface area contributed by atoms with Gasteiger partial charge in [0.15, 0.2) is 0 Å². The summed E-state index contributed by atoms with van der Waals surface area (Å²) >= 11 is 0. The van der Waals surface area contributed by atoms with Crippen LogP contribution in [0.2, 0.25) is 0 Å². The van der Waals surface area contributed by atoms with Gasteiger partial charge < -0.3 is 10.5 Å². The molecular weight excluding hydrogens is 398 g/mol. The first-order valence-corrected chi connectivity index (χ1v) is 10.6. The van der Waals surface area contributed by atoms with Gasteiger partial charge in [-0.05, 0) is 36.8 Å². The van der Waals surface area contributed by atoms with Crippen LogP contribution in [0.4, 0.5) is 17.1 Å². The van der Waals surface area contributed by atoms with E-state index in [4.69, 9.17) is 19.6 Å². The van der Waals surface area contributed by atoms with Gasteiger partial charge in [0.2, 0.25) is 0 Å². The molecule has 0 unspecified atom stereocenters. The number of benzene rings is 2. The Hall–Kier alpha value is -2.54. The second kappa shape index (κ2) is 8.43. The maximum Gasteiger partial charge on any atom is 0.294 e. The summed E-state index contributed by atoms with van der Waals surface area (Å²) in [7, 11) is -8.40. The van der Waals surface area contributed by atoms with Crippen molar-refractivity contribution in [3.63, 3.8) is 0 Å². The smallest absolute Gasteiger partial charge is 0.294 e. The van der Waals surface area contributed by atoms with Crippen LogP contribution in [0.3, 0.4) is 0 Å². The van der Waals surface area contributed by atoms with E-state index in [2.05, 4.69) is 10.2 Å². The van der Waals surface area contributed by atoms with E-state index in [0.717, 1.165) is 6.07 Å². The molecule has 0 spiro atoms. The lowest BCUT2D eigenvalue weighted by atomic mass is 10.2. The van der Waals surface area contributed by atoms with Crippen LogP contribution < -0.4 is 10.5 Å². The molecule has 27 heavy (non-hydrogen) atoms. The highest BCUT2D eigenvalue weighted by Crippen LogP contribution is 2.29. The molecule has 0 saturated carbocycles. The normalized spacial score (nSPS) is 12.4. The molecule has 0 aliphatic carbocycles. The predicted octanol–water partition coefficient (Wildman–Crippen LogP) is 2.59. The lowest BCUT2D eigenvalue weighted by molar-refractivity contribution is 0.318. The van der Waals surface area contributed by atoms with E-state index in [0.29, 0.717) is 11.4 Å². The van der Waals surface area contributed by atoms with Crippen LogP contribution in [-0.2, 0) is 20.2 Å². The zero-order valence-electron chi connectivity index (χ0n) is 13.9. The maximum absolute atomic E-state index is 11.1. The van der Waals surface area contributed by atoms with Crippen molar-refractivity contribution in [3.05, 3.63) is 42.5 Å². The maximum atomic E-state index is 11.1. The standard InChI is InChI=1S/C15H17N3O7S2/c16-14-6-5-12(10-15(14)25-7-2-8-26(19,20)21)18-17-11-3-1-4-13(9-11)27(22,23)24/h1,3-6,9-10H,2,7-8,16H2,(H,19,20,21)(H,22,23,24). The van der Waals surface area contributed by atoms with Gasteiger partial charge in [-0.1, -0.05) is 6.07 Å². The van der Waals surface area contributed by atoms with Crippen molar-refractivity contribution in [2.75, 3.05) is 18.1 Å². The Morgan fingerprint density at radius 2 is 1.63 bits per heavy atom. The van der Waals surface area contributed by atoms with Crippen LogP contribution in [0.15, 0.2) is 57.6 Å². The van der Waals surface area contributed by atoms with Gasteiger partial charge in [0.25, 0.3) is 20.2 Å². The fourth-order valence-electron chi connectivity index (χ4n) is 1.96. The topological polar surface area (TPSA) is 169 Å². The largest absolute Gasteiger partial charge is 0.491 e. The highest BCUT2D eigenvalue weighted by Gasteiger charge is 2.09. The molecular formula is C15H17N3O7S2. The number of ether oxygens (including phenoxy) is 1. The summed E-state index contributed by atoms with van der Waals surface area (Å²) < 4.78 is 66.7. The van der Waals surface area contributed by atoms with E-state index >= 15 is 0 Å². The first-order valence-electron chi connectivity index (χ1n) is 7.51. The van der Waals surface area contributed by atoms with Crippen molar-refractivity contribution < 1.29 is 30.7 Å². The third-order valence-corrected chi connectivity index (χ3v) is 4.85. The average molecular weight is 415 g/mol. The van der Waals surface area contributed by atoms with E-state index in [-0.39, 0.29) is 29.4 Å². The highest BCUT2D eigenvalue weighted by atomic mass is 32.2. The molecule has 0 aliphatic heterocycles. The zero-order valence-corrected chi connectivity index (χ0v) is 15.5. The number of hydrogen-bond acceptors (Lipinski definition) is 8. The van der Waals surface area contributed by atoms with Crippen molar-refractivity contribution >= 4 is 37.3 Å². The Morgan fingerprint density at radius 1 is 0.963 bits per heavy atom. The van der Waals surface area contributed by atoms with Crippen LogP contribution in [0, 0.1) is 0 Å². The average Bonchev–Trinajstić information content (AvgIpc) is 2.57. The van der Waals surface area contributed by atoms with E-state index < -0.39 is 26.0 Å². The van der Waals surface area contributed by atoms with Gasteiger partial charge in [-0.2, -0.15) is 27.1 Å². The number of nitrogens with two attached hydrogens (primary N) is 1. The molecule has 2 aromatic carbocycles. The first kappa shape index (κ1) is 20.8. The van der Waals surface area contributed by atoms with E-state index in [9.17, 15) is 16.8 Å². The summed E-state index contributed by atoms with van der Waals surface area (Å²) in [5.74, 6) is -0.176. The van der Waals surface area contributed by atoms with Crippen molar-refractivity contribution in [2.45, 2.75) is 11.3 Å². The van der Waals surface area contributed by atoms with Crippen molar-refractivity contribution in [1.82, 2.24) is 0 Å². The molecule has 0 bridgehead atoms. The van der Waals surface area contributed by atoms with Gasteiger partial charge in [0.05, 0.1) is 34.3 Å². The van der Waals surface area contributed by atoms with Crippen LogP contribution in [0.25, 0.3) is 0 Å². The van der Waals surface area contributed by atoms with Gasteiger partial charge in [0.1, 0.15) is 5.75 Å². The minimum atomic E-state index is -4.34. The van der Waals surface area contributed by atoms with Gasteiger partial charge in [-0.15, -0.1) is 0 Å². The Kier molecular flexibility index (Phi) is 6.49. The second-order valence-electron chi connectivity index (χ2n) is 5.38. The van der Waals surface area contributed by atoms with Gasteiger partial charge in [-0.25, -0.2) is 0 Å². The molecule has 0 aliphatic rings. The van der Waals surface area contributed by atoms with E-state index in [1.165, 1.54) is 30.3 Å². The molecule has 0 amide bonds. The molecule has 0 fully saturated rings. The van der Waals surface area contributed by atoms with Crippen LogP contribution in [0.1, 0.15) is 6.42 Å². The van der Waals surface area contributed by atoms with Crippen LogP contribution in [-0.4, -0.2) is 38.3 Å². The molecule has 0 atom stereocenters. The Bertz CT molecular complexity index is 1050. The van der Waals surface area contributed by atoms with Crippen molar-refractivity contribution in [1.29, 1.82) is 0 Å². The lowest BCUT2D eigenvalue weighted by Gasteiger charge is -2.08. The predicted molar refractivity (Wildman–Crippen MR) is 97.8 cm³/mol. The quantitative estimate of drug-likeness (QED) is 0.256. The molecule has 0 radical (unpaired) electrons. The summed E-state index contributed by atoms with van der Waals surface area (Å²) in [5, 5.41) is 7.84. The summed E-state index contributed by atoms with van der Waals surface area (Å²) in [5.41, 5.74) is 6.63. The number of rotatable bonds is 8. The number of hydrogen-bond donors (Lipinski definition) is 3. The zero-order chi connectivity index (χ0) is 20.1. The first-order chi connectivity index (χ1) is 12.5. The summed E-state index contributed by atoms with van der Waals surface area (Å²) in [4.78, 5) is -0.306. The molecule has 0 heterocycles. The number of anilines is 1. The number of azo groups is 1. The van der Waals surface area contributed by atoms with Crippen LogP contribution in [0.5, 0.6) is 5.75 Å². The monoisotopic (exact) mass is 415 g/mol. The molecule has 10 nitrogen and oxygen atoms in total. The molecule has 0 aromatic heterocycles. The highest BCUT2D eigenvalue weighted by molar-refractivity contribution is 7.86. The number of nitrogen functional groups attached to an aromatic ring is 1. The molecule has 12 heteroatoms. The minimum Gasteiger partial charge on any atom is -0.491 e. The van der Waals surface area contributed by atoms with Gasteiger partial charge in [0, 0.05) is 6.07 Å². The second-order valence-corrected chi connectivity index (χ2v) is 8.38. The third-order valence-electron chi connectivity index (χ3n) is 3.20. The van der Waals surface area contributed by atoms with Crippen molar-refractivity contribution in [2.24, 2.45) is 10.2 Å². The Balaban J connectivity index is 2.10. The molecule has 146 valence electrons. The van der Waals surface area contributed by atoms with Gasteiger partial charge in [-0.3, -0.25) is 9.11 Å².